The predicted molar refractivity (Wildman–Crippen MR) is 57.6 cm³/mol. The van der Waals surface area contributed by atoms with Gasteiger partial charge in [0.25, 0.3) is 0 Å². The van der Waals surface area contributed by atoms with Crippen molar-refractivity contribution in [1.29, 1.82) is 5.26 Å². The Kier molecular flexibility index (Phi) is 3.65. The number of nitrogens with zero attached hydrogens (tertiary/aromatic N) is 4. The highest BCUT2D eigenvalue weighted by atomic mass is 79.9. The van der Waals surface area contributed by atoms with Gasteiger partial charge < -0.3 is 10.6 Å². The fourth-order valence-corrected chi connectivity index (χ4v) is 1.30. The summed E-state index contributed by atoms with van der Waals surface area (Å²) in [6.45, 7) is 0.590. The number of nitrogens with two attached hydrogens (primary N) is 1. The van der Waals surface area contributed by atoms with Crippen LogP contribution in [-0.2, 0) is 0 Å². The first kappa shape index (κ1) is 10.7. The van der Waals surface area contributed by atoms with Crippen LogP contribution in [0.15, 0.2) is 10.7 Å². The highest BCUT2D eigenvalue weighted by Gasteiger charge is 2.05. The molecular weight excluding hydrogens is 246 g/mol. The molecular formula is C8H10BrN5. The molecule has 1 aromatic heterocycles. The van der Waals surface area contributed by atoms with Crippen molar-refractivity contribution in [3.63, 3.8) is 0 Å². The molecule has 0 saturated heterocycles. The van der Waals surface area contributed by atoms with Crippen LogP contribution in [0.4, 0.5) is 11.8 Å². The quantitative estimate of drug-likeness (QED) is 0.821. The van der Waals surface area contributed by atoms with Gasteiger partial charge in [0.1, 0.15) is 10.4 Å². The van der Waals surface area contributed by atoms with Crippen molar-refractivity contribution in [2.75, 3.05) is 24.2 Å². The van der Waals surface area contributed by atoms with Crippen molar-refractivity contribution in [2.24, 2.45) is 0 Å². The summed E-state index contributed by atoms with van der Waals surface area (Å²) in [5, 5.41) is 8.42. The lowest BCUT2D eigenvalue weighted by molar-refractivity contribution is 0.857. The monoisotopic (exact) mass is 255 g/mol. The molecule has 74 valence electrons. The van der Waals surface area contributed by atoms with Gasteiger partial charge in [-0.1, -0.05) is 0 Å². The summed E-state index contributed by atoms with van der Waals surface area (Å²) in [6.07, 6.45) is 0.437. The van der Waals surface area contributed by atoms with E-state index in [0.29, 0.717) is 29.3 Å². The molecule has 0 atom stereocenters. The first-order valence-corrected chi connectivity index (χ1v) is 4.81. The number of rotatable bonds is 3. The van der Waals surface area contributed by atoms with Gasteiger partial charge >= 0.3 is 0 Å². The lowest BCUT2D eigenvalue weighted by atomic mass is 10.4. The first-order valence-electron chi connectivity index (χ1n) is 4.01. The van der Waals surface area contributed by atoms with Crippen molar-refractivity contribution >= 4 is 27.7 Å². The Hall–Kier alpha value is -1.35. The van der Waals surface area contributed by atoms with Crippen molar-refractivity contribution in [3.05, 3.63) is 10.7 Å². The molecule has 1 heterocycles. The van der Waals surface area contributed by atoms with Crippen LogP contribution >= 0.6 is 15.9 Å². The minimum absolute atomic E-state index is 0.408. The van der Waals surface area contributed by atoms with Gasteiger partial charge in [-0.3, -0.25) is 0 Å². The molecule has 1 rings (SSSR count). The number of nitrogen functional groups attached to an aromatic ring is 1. The third-order valence-corrected chi connectivity index (χ3v) is 2.01. The van der Waals surface area contributed by atoms with E-state index in [4.69, 9.17) is 11.0 Å². The topological polar surface area (TPSA) is 78.8 Å². The SMILES string of the molecule is CN(CCC#N)c1nc(N)cc(Br)n1. The molecule has 0 aliphatic rings. The average molecular weight is 256 g/mol. The molecule has 0 aliphatic heterocycles. The minimum atomic E-state index is 0.408. The van der Waals surface area contributed by atoms with Gasteiger partial charge in [-0.15, -0.1) is 0 Å². The first-order chi connectivity index (χ1) is 6.63. The van der Waals surface area contributed by atoms with Crippen molar-refractivity contribution < 1.29 is 0 Å². The molecule has 1 aromatic rings. The Balaban J connectivity index is 2.79. The molecule has 0 saturated carbocycles. The van der Waals surface area contributed by atoms with Crippen LogP contribution in [0, 0.1) is 11.3 Å². The second-order valence-corrected chi connectivity index (χ2v) is 3.56. The van der Waals surface area contributed by atoms with Crippen LogP contribution in [0.25, 0.3) is 0 Å². The summed E-state index contributed by atoms with van der Waals surface area (Å²) in [5.74, 6) is 0.929. The van der Waals surface area contributed by atoms with Crippen molar-refractivity contribution in [2.45, 2.75) is 6.42 Å². The van der Waals surface area contributed by atoms with E-state index in [9.17, 15) is 0 Å². The molecule has 0 amide bonds. The molecule has 0 bridgehead atoms. The van der Waals surface area contributed by atoms with E-state index in [0.717, 1.165) is 0 Å². The number of halogens is 1. The molecule has 2 N–H and O–H groups in total. The lowest BCUT2D eigenvalue weighted by Crippen LogP contribution is -2.21. The van der Waals surface area contributed by atoms with E-state index in [1.807, 2.05) is 7.05 Å². The lowest BCUT2D eigenvalue weighted by Gasteiger charge is -2.15. The Morgan fingerprint density at radius 3 is 2.93 bits per heavy atom. The number of nitriles is 1. The molecule has 0 aliphatic carbocycles. The summed E-state index contributed by atoms with van der Waals surface area (Å²) in [7, 11) is 1.82. The molecule has 6 heteroatoms. The molecule has 0 fully saturated rings. The molecule has 14 heavy (non-hydrogen) atoms. The van der Waals surface area contributed by atoms with Crippen LogP contribution in [0.2, 0.25) is 0 Å². The number of aromatic nitrogens is 2. The van der Waals surface area contributed by atoms with Gasteiger partial charge in [0, 0.05) is 19.7 Å². The Morgan fingerprint density at radius 2 is 2.36 bits per heavy atom. The molecule has 0 aromatic carbocycles. The van der Waals surface area contributed by atoms with E-state index in [1.54, 1.807) is 11.0 Å². The predicted octanol–water partition coefficient (Wildman–Crippen LogP) is 1.17. The summed E-state index contributed by atoms with van der Waals surface area (Å²) in [4.78, 5) is 9.95. The number of anilines is 2. The van der Waals surface area contributed by atoms with E-state index >= 15 is 0 Å². The van der Waals surface area contributed by atoms with E-state index in [-0.39, 0.29) is 0 Å². The fourth-order valence-electron chi connectivity index (χ4n) is 0.911. The zero-order chi connectivity index (χ0) is 10.6. The average Bonchev–Trinajstić information content (AvgIpc) is 2.12. The Bertz CT molecular complexity index is 339. The normalized spacial score (nSPS) is 9.50. The maximum absolute atomic E-state index is 8.42. The van der Waals surface area contributed by atoms with Gasteiger partial charge in [0.2, 0.25) is 5.95 Å². The van der Waals surface area contributed by atoms with Crippen LogP contribution in [0.5, 0.6) is 0 Å². The van der Waals surface area contributed by atoms with E-state index in [2.05, 4.69) is 32.0 Å². The summed E-state index contributed by atoms with van der Waals surface area (Å²) < 4.78 is 0.642. The standard InChI is InChI=1S/C8H10BrN5/c1-14(4-2-3-10)8-12-6(9)5-7(11)13-8/h5H,2,4H2,1H3,(H2,11,12,13). The third kappa shape index (κ3) is 2.85. The minimum Gasteiger partial charge on any atom is -0.383 e. The second kappa shape index (κ2) is 4.77. The third-order valence-electron chi connectivity index (χ3n) is 1.60. The van der Waals surface area contributed by atoms with E-state index < -0.39 is 0 Å². The molecule has 0 radical (unpaired) electrons. The fraction of sp³-hybridized carbons (Fsp3) is 0.375. The van der Waals surface area contributed by atoms with Crippen LogP contribution in [-0.4, -0.2) is 23.6 Å². The second-order valence-electron chi connectivity index (χ2n) is 2.75. The summed E-state index contributed by atoms with van der Waals surface area (Å²) in [5.41, 5.74) is 5.55. The highest BCUT2D eigenvalue weighted by Crippen LogP contribution is 2.14. The molecule has 0 unspecified atom stereocenters. The van der Waals surface area contributed by atoms with Crippen molar-refractivity contribution in [3.8, 4) is 6.07 Å². The number of hydrogen-bond acceptors (Lipinski definition) is 5. The van der Waals surface area contributed by atoms with Crippen molar-refractivity contribution in [1.82, 2.24) is 9.97 Å². The van der Waals surface area contributed by atoms with Crippen LogP contribution in [0.3, 0.4) is 0 Å². The maximum atomic E-state index is 8.42. The van der Waals surface area contributed by atoms with Crippen LogP contribution < -0.4 is 10.6 Å². The van der Waals surface area contributed by atoms with Gasteiger partial charge in [-0.2, -0.15) is 10.2 Å². The highest BCUT2D eigenvalue weighted by molar-refractivity contribution is 9.10. The zero-order valence-corrected chi connectivity index (χ0v) is 9.32. The zero-order valence-electron chi connectivity index (χ0n) is 7.74. The van der Waals surface area contributed by atoms with Gasteiger partial charge in [-0.25, -0.2) is 4.98 Å². The Labute approximate surface area is 90.7 Å². The smallest absolute Gasteiger partial charge is 0.228 e. The molecule has 0 spiro atoms. The largest absolute Gasteiger partial charge is 0.383 e. The Morgan fingerprint density at radius 1 is 1.64 bits per heavy atom. The van der Waals surface area contributed by atoms with Gasteiger partial charge in [0.05, 0.1) is 12.5 Å². The summed E-state index contributed by atoms with van der Waals surface area (Å²) in [6, 6.07) is 3.68. The maximum Gasteiger partial charge on any atom is 0.228 e. The van der Waals surface area contributed by atoms with Crippen LogP contribution in [0.1, 0.15) is 6.42 Å². The van der Waals surface area contributed by atoms with E-state index in [1.165, 1.54) is 0 Å². The van der Waals surface area contributed by atoms with Gasteiger partial charge in [-0.05, 0) is 15.9 Å². The number of hydrogen-bond donors (Lipinski definition) is 1. The van der Waals surface area contributed by atoms with Gasteiger partial charge in [0.15, 0.2) is 0 Å². The molecule has 5 nitrogen and oxygen atoms in total. The summed E-state index contributed by atoms with van der Waals surface area (Å²) >= 11 is 3.23.